The first kappa shape index (κ1) is 15.1. The summed E-state index contributed by atoms with van der Waals surface area (Å²) in [5.74, 6) is 0.796. The normalized spacial score (nSPS) is 21.0. The van der Waals surface area contributed by atoms with Gasteiger partial charge in [-0.2, -0.15) is 16.1 Å². The lowest BCUT2D eigenvalue weighted by molar-refractivity contribution is 0.415. The Bertz CT molecular complexity index is 561. The van der Waals surface area contributed by atoms with Crippen LogP contribution < -0.4 is 0 Å². The van der Waals surface area contributed by atoms with Crippen LogP contribution >= 0.6 is 23.4 Å². The van der Waals surface area contributed by atoms with Gasteiger partial charge in [-0.3, -0.25) is 0 Å². The largest absolute Gasteiger partial charge is 0.246 e. The average Bonchev–Trinajstić information content (AvgIpc) is 2.51. The van der Waals surface area contributed by atoms with E-state index in [1.54, 1.807) is 17.8 Å². The Morgan fingerprint density at radius 3 is 2.84 bits per heavy atom. The summed E-state index contributed by atoms with van der Waals surface area (Å²) in [6, 6.07) is 3.10. The predicted octanol–water partition coefficient (Wildman–Crippen LogP) is 2.64. The van der Waals surface area contributed by atoms with Gasteiger partial charge in [0.15, 0.2) is 0 Å². The van der Waals surface area contributed by atoms with E-state index in [1.807, 2.05) is 0 Å². The van der Waals surface area contributed by atoms with E-state index in [1.165, 1.54) is 16.6 Å². The molecule has 1 aromatic heterocycles. The van der Waals surface area contributed by atoms with E-state index in [-0.39, 0.29) is 14.8 Å². The zero-order valence-corrected chi connectivity index (χ0v) is 13.4. The van der Waals surface area contributed by atoms with Gasteiger partial charge in [0, 0.05) is 29.8 Å². The molecule has 1 aliphatic heterocycles. The highest BCUT2D eigenvalue weighted by Crippen LogP contribution is 2.33. The lowest BCUT2D eigenvalue weighted by Gasteiger charge is -2.22. The molecule has 2 heterocycles. The molecule has 0 radical (unpaired) electrons. The molecule has 1 aromatic rings. The fraction of sp³-hybridized carbons (Fsp3) is 0.583. The molecule has 1 saturated heterocycles. The summed E-state index contributed by atoms with van der Waals surface area (Å²) in [5, 5.41) is 0.0404. The number of nitrogens with zero attached hydrogens (tertiary/aromatic N) is 2. The summed E-state index contributed by atoms with van der Waals surface area (Å²) in [6.07, 6.45) is 2.32. The molecular formula is C12H17ClN2O2S2. The van der Waals surface area contributed by atoms with Crippen molar-refractivity contribution in [2.45, 2.75) is 29.9 Å². The highest BCUT2D eigenvalue weighted by molar-refractivity contribution is 8.00. The molecule has 0 aliphatic carbocycles. The van der Waals surface area contributed by atoms with Crippen molar-refractivity contribution in [3.63, 3.8) is 0 Å². The summed E-state index contributed by atoms with van der Waals surface area (Å²) < 4.78 is 26.8. The Hall–Kier alpha value is -0.300. The lowest BCUT2D eigenvalue weighted by atomic mass is 10.1. The monoisotopic (exact) mass is 320 g/mol. The maximum Gasteiger partial charge on any atom is 0.246 e. The first-order valence-corrected chi connectivity index (χ1v) is 8.88. The van der Waals surface area contributed by atoms with Crippen molar-refractivity contribution in [2.75, 3.05) is 18.8 Å². The SMILES string of the molecule is CC1(C)CCN(S(=O)(=O)c2cccnc2Cl)CCS1. The Morgan fingerprint density at radius 2 is 2.16 bits per heavy atom. The van der Waals surface area contributed by atoms with Gasteiger partial charge in [0.25, 0.3) is 0 Å². The molecule has 0 N–H and O–H groups in total. The molecule has 0 amide bonds. The van der Waals surface area contributed by atoms with Gasteiger partial charge >= 0.3 is 0 Å². The molecule has 7 heteroatoms. The summed E-state index contributed by atoms with van der Waals surface area (Å²) in [6.45, 7) is 5.32. The fourth-order valence-corrected chi connectivity index (χ4v) is 5.03. The Balaban J connectivity index is 2.28. The molecule has 4 nitrogen and oxygen atoms in total. The molecule has 0 atom stereocenters. The van der Waals surface area contributed by atoms with Crippen molar-refractivity contribution >= 4 is 33.4 Å². The van der Waals surface area contributed by atoms with Gasteiger partial charge in [-0.05, 0) is 18.6 Å². The Kier molecular flexibility index (Phi) is 4.45. The van der Waals surface area contributed by atoms with E-state index >= 15 is 0 Å². The van der Waals surface area contributed by atoms with Gasteiger partial charge in [0.1, 0.15) is 10.0 Å². The number of hydrogen-bond donors (Lipinski definition) is 0. The quantitative estimate of drug-likeness (QED) is 0.786. The van der Waals surface area contributed by atoms with E-state index in [2.05, 4.69) is 18.8 Å². The van der Waals surface area contributed by atoms with Gasteiger partial charge in [0.2, 0.25) is 10.0 Å². The molecule has 0 unspecified atom stereocenters. The maximum absolute atomic E-state index is 12.6. The maximum atomic E-state index is 12.6. The highest BCUT2D eigenvalue weighted by atomic mass is 35.5. The van der Waals surface area contributed by atoms with Crippen LogP contribution in [0.1, 0.15) is 20.3 Å². The van der Waals surface area contributed by atoms with Gasteiger partial charge < -0.3 is 0 Å². The zero-order valence-electron chi connectivity index (χ0n) is 11.0. The van der Waals surface area contributed by atoms with Crippen LogP contribution in [0.4, 0.5) is 0 Å². The third kappa shape index (κ3) is 3.42. The second-order valence-electron chi connectivity index (χ2n) is 5.05. The molecule has 0 aromatic carbocycles. The third-order valence-electron chi connectivity index (χ3n) is 3.14. The van der Waals surface area contributed by atoms with Crippen molar-refractivity contribution < 1.29 is 8.42 Å². The van der Waals surface area contributed by atoms with E-state index in [0.717, 1.165) is 12.2 Å². The van der Waals surface area contributed by atoms with Crippen molar-refractivity contribution in [3.8, 4) is 0 Å². The molecule has 0 spiro atoms. The molecule has 0 saturated carbocycles. The molecule has 1 fully saturated rings. The number of thioether (sulfide) groups is 1. The molecule has 2 rings (SSSR count). The number of pyridine rings is 1. The summed E-state index contributed by atoms with van der Waals surface area (Å²) in [4.78, 5) is 3.95. The fourth-order valence-electron chi connectivity index (χ4n) is 1.94. The molecule has 19 heavy (non-hydrogen) atoms. The second kappa shape index (κ2) is 5.60. The lowest BCUT2D eigenvalue weighted by Crippen LogP contribution is -2.34. The van der Waals surface area contributed by atoms with Crippen LogP contribution in [0.15, 0.2) is 23.2 Å². The van der Waals surface area contributed by atoms with Gasteiger partial charge in [-0.25, -0.2) is 13.4 Å². The van der Waals surface area contributed by atoms with Gasteiger partial charge in [-0.1, -0.05) is 25.4 Å². The van der Waals surface area contributed by atoms with Crippen molar-refractivity contribution in [3.05, 3.63) is 23.5 Å². The van der Waals surface area contributed by atoms with Gasteiger partial charge in [0.05, 0.1) is 0 Å². The molecule has 0 bridgehead atoms. The standard InChI is InChI=1S/C12H17ClN2O2S2/c1-12(2)5-7-15(8-9-18-12)19(16,17)10-4-3-6-14-11(10)13/h3-4,6H,5,7-9H2,1-2H3. The van der Waals surface area contributed by atoms with E-state index in [9.17, 15) is 8.42 Å². The minimum absolute atomic E-state index is 0.0404. The highest BCUT2D eigenvalue weighted by Gasteiger charge is 2.32. The minimum Gasteiger partial charge on any atom is -0.243 e. The van der Waals surface area contributed by atoms with Crippen LogP contribution in [0.2, 0.25) is 5.15 Å². The smallest absolute Gasteiger partial charge is 0.243 e. The summed E-state index contributed by atoms with van der Waals surface area (Å²) >= 11 is 7.71. The topological polar surface area (TPSA) is 50.3 Å². The summed E-state index contributed by atoms with van der Waals surface area (Å²) in [7, 11) is -3.54. The summed E-state index contributed by atoms with van der Waals surface area (Å²) in [5.41, 5.74) is 0. The Labute approximate surface area is 123 Å². The van der Waals surface area contributed by atoms with Gasteiger partial charge in [-0.15, -0.1) is 0 Å². The number of rotatable bonds is 2. The van der Waals surface area contributed by atoms with Crippen LogP contribution in [-0.2, 0) is 10.0 Å². The number of halogens is 1. The van der Waals surface area contributed by atoms with E-state index in [4.69, 9.17) is 11.6 Å². The number of sulfonamides is 1. The van der Waals surface area contributed by atoms with E-state index in [0.29, 0.717) is 13.1 Å². The number of hydrogen-bond acceptors (Lipinski definition) is 4. The molecule has 1 aliphatic rings. The minimum atomic E-state index is -3.54. The average molecular weight is 321 g/mol. The van der Waals surface area contributed by atoms with Crippen LogP contribution in [0.5, 0.6) is 0 Å². The van der Waals surface area contributed by atoms with Crippen LogP contribution in [0.3, 0.4) is 0 Å². The number of aromatic nitrogens is 1. The second-order valence-corrected chi connectivity index (χ2v) is 9.12. The van der Waals surface area contributed by atoms with Crippen molar-refractivity contribution in [2.24, 2.45) is 0 Å². The van der Waals surface area contributed by atoms with Crippen LogP contribution in [0, 0.1) is 0 Å². The molecular weight excluding hydrogens is 304 g/mol. The predicted molar refractivity (Wildman–Crippen MR) is 79.2 cm³/mol. The van der Waals surface area contributed by atoms with Crippen LogP contribution in [-0.4, -0.2) is 41.3 Å². The first-order valence-electron chi connectivity index (χ1n) is 6.07. The van der Waals surface area contributed by atoms with Crippen molar-refractivity contribution in [1.82, 2.24) is 9.29 Å². The first-order chi connectivity index (χ1) is 8.83. The van der Waals surface area contributed by atoms with Crippen molar-refractivity contribution in [1.29, 1.82) is 0 Å². The van der Waals surface area contributed by atoms with E-state index < -0.39 is 10.0 Å². The zero-order chi connectivity index (χ0) is 14.1. The van der Waals surface area contributed by atoms with Crippen LogP contribution in [0.25, 0.3) is 0 Å². The Morgan fingerprint density at radius 1 is 1.42 bits per heavy atom. The third-order valence-corrected chi connectivity index (χ3v) is 6.86. The molecule has 106 valence electrons.